The van der Waals surface area contributed by atoms with Gasteiger partial charge in [0.25, 0.3) is 0 Å². The van der Waals surface area contributed by atoms with Crippen LogP contribution in [0.5, 0.6) is 0 Å². The Morgan fingerprint density at radius 2 is 2.08 bits per heavy atom. The minimum absolute atomic E-state index is 0.226. The van der Waals surface area contributed by atoms with E-state index in [9.17, 15) is 0 Å². The second-order valence-electron chi connectivity index (χ2n) is 3.37. The molecule has 0 bridgehead atoms. The van der Waals surface area contributed by atoms with Crippen LogP contribution in [-0.4, -0.2) is 38.1 Å². The van der Waals surface area contributed by atoms with Gasteiger partial charge in [-0.25, -0.2) is 0 Å². The van der Waals surface area contributed by atoms with Crippen molar-refractivity contribution in [2.24, 2.45) is 0 Å². The highest BCUT2D eigenvalue weighted by Crippen LogP contribution is 2.17. The summed E-state index contributed by atoms with van der Waals surface area (Å²) in [6, 6.07) is 0.724. The maximum Gasteiger partial charge on any atom is 0.191 e. The highest BCUT2D eigenvalue weighted by molar-refractivity contribution is 4.88. The van der Waals surface area contributed by atoms with E-state index in [1.165, 1.54) is 0 Å². The number of nitrogens with one attached hydrogen (secondary N) is 1. The third-order valence-electron chi connectivity index (χ3n) is 2.26. The van der Waals surface area contributed by atoms with Crippen molar-refractivity contribution in [3.63, 3.8) is 0 Å². The molecule has 0 aliphatic rings. The SMILES string of the molecule is CCN(C(C)C)C(C)c1nn[nH]n1. The van der Waals surface area contributed by atoms with E-state index in [4.69, 9.17) is 0 Å². The molecule has 1 heterocycles. The van der Waals surface area contributed by atoms with E-state index in [1.807, 2.05) is 0 Å². The number of hydrogen-bond donors (Lipinski definition) is 1. The fourth-order valence-corrected chi connectivity index (χ4v) is 1.58. The van der Waals surface area contributed by atoms with E-state index in [1.54, 1.807) is 0 Å². The largest absolute Gasteiger partial charge is 0.291 e. The standard InChI is InChI=1S/C8H17N5/c1-5-13(6(2)3)7(4)8-9-11-12-10-8/h6-7H,5H2,1-4H3,(H,9,10,11,12). The number of aromatic amines is 1. The van der Waals surface area contributed by atoms with Gasteiger partial charge in [0.15, 0.2) is 5.82 Å². The van der Waals surface area contributed by atoms with Crippen molar-refractivity contribution in [2.45, 2.75) is 39.8 Å². The first-order valence-corrected chi connectivity index (χ1v) is 4.65. The van der Waals surface area contributed by atoms with Gasteiger partial charge in [-0.05, 0) is 27.3 Å². The molecule has 0 fully saturated rings. The molecule has 74 valence electrons. The Morgan fingerprint density at radius 1 is 1.38 bits per heavy atom. The predicted octanol–water partition coefficient (Wildman–Crippen LogP) is 0.991. The molecule has 5 heteroatoms. The van der Waals surface area contributed by atoms with Crippen LogP contribution >= 0.6 is 0 Å². The van der Waals surface area contributed by atoms with Crippen molar-refractivity contribution in [3.8, 4) is 0 Å². The minimum atomic E-state index is 0.226. The van der Waals surface area contributed by atoms with Crippen molar-refractivity contribution < 1.29 is 0 Å². The van der Waals surface area contributed by atoms with E-state index in [2.05, 4.69) is 53.2 Å². The molecule has 1 N–H and O–H groups in total. The lowest BCUT2D eigenvalue weighted by Crippen LogP contribution is -2.33. The Kier molecular flexibility index (Phi) is 3.36. The predicted molar refractivity (Wildman–Crippen MR) is 50.1 cm³/mol. The highest BCUT2D eigenvalue weighted by atomic mass is 15.5. The first kappa shape index (κ1) is 10.1. The third kappa shape index (κ3) is 2.24. The molecular weight excluding hydrogens is 166 g/mol. The third-order valence-corrected chi connectivity index (χ3v) is 2.26. The number of rotatable bonds is 4. The zero-order valence-corrected chi connectivity index (χ0v) is 8.65. The van der Waals surface area contributed by atoms with Crippen LogP contribution in [0.4, 0.5) is 0 Å². The molecule has 0 aliphatic heterocycles. The average Bonchev–Trinajstić information content (AvgIpc) is 2.56. The van der Waals surface area contributed by atoms with Crippen LogP contribution in [0, 0.1) is 0 Å². The summed E-state index contributed by atoms with van der Waals surface area (Å²) in [5.41, 5.74) is 0. The maximum absolute atomic E-state index is 3.98. The second kappa shape index (κ2) is 4.32. The molecule has 13 heavy (non-hydrogen) atoms. The zero-order valence-electron chi connectivity index (χ0n) is 8.65. The molecule has 1 aromatic rings. The van der Waals surface area contributed by atoms with Crippen LogP contribution in [0.3, 0.4) is 0 Å². The summed E-state index contributed by atoms with van der Waals surface area (Å²) >= 11 is 0. The monoisotopic (exact) mass is 183 g/mol. The molecule has 0 saturated carbocycles. The number of tetrazole rings is 1. The number of hydrogen-bond acceptors (Lipinski definition) is 4. The topological polar surface area (TPSA) is 57.7 Å². The lowest BCUT2D eigenvalue weighted by Gasteiger charge is -2.29. The first-order valence-electron chi connectivity index (χ1n) is 4.65. The fourth-order valence-electron chi connectivity index (χ4n) is 1.58. The van der Waals surface area contributed by atoms with Crippen LogP contribution in [0.15, 0.2) is 0 Å². The van der Waals surface area contributed by atoms with Crippen LogP contribution in [0.2, 0.25) is 0 Å². The number of nitrogens with zero attached hydrogens (tertiary/aromatic N) is 4. The summed E-state index contributed by atoms with van der Waals surface area (Å²) in [5, 5.41) is 14.0. The van der Waals surface area contributed by atoms with E-state index < -0.39 is 0 Å². The van der Waals surface area contributed by atoms with Crippen molar-refractivity contribution in [3.05, 3.63) is 5.82 Å². The van der Waals surface area contributed by atoms with E-state index in [0.29, 0.717) is 6.04 Å². The zero-order chi connectivity index (χ0) is 9.84. The summed E-state index contributed by atoms with van der Waals surface area (Å²) in [6.07, 6.45) is 0. The van der Waals surface area contributed by atoms with Gasteiger partial charge in [0.05, 0.1) is 6.04 Å². The van der Waals surface area contributed by atoms with Crippen LogP contribution in [-0.2, 0) is 0 Å². The molecule has 1 aromatic heterocycles. The molecule has 0 spiro atoms. The van der Waals surface area contributed by atoms with Crippen molar-refractivity contribution in [2.75, 3.05) is 6.54 Å². The quantitative estimate of drug-likeness (QED) is 0.756. The van der Waals surface area contributed by atoms with Gasteiger partial charge in [-0.3, -0.25) is 4.90 Å². The van der Waals surface area contributed by atoms with Gasteiger partial charge in [-0.1, -0.05) is 12.1 Å². The minimum Gasteiger partial charge on any atom is -0.291 e. The maximum atomic E-state index is 3.98. The summed E-state index contributed by atoms with van der Waals surface area (Å²) in [7, 11) is 0. The van der Waals surface area contributed by atoms with E-state index in [0.717, 1.165) is 12.4 Å². The Bertz CT molecular complexity index is 231. The second-order valence-corrected chi connectivity index (χ2v) is 3.37. The summed E-state index contributed by atoms with van der Waals surface area (Å²) in [6.45, 7) is 9.55. The molecule has 0 amide bonds. The van der Waals surface area contributed by atoms with Gasteiger partial charge in [-0.15, -0.1) is 10.2 Å². The van der Waals surface area contributed by atoms with Gasteiger partial charge >= 0.3 is 0 Å². The lowest BCUT2D eigenvalue weighted by molar-refractivity contribution is 0.168. The lowest BCUT2D eigenvalue weighted by atomic mass is 10.2. The molecule has 0 saturated heterocycles. The van der Waals surface area contributed by atoms with Crippen LogP contribution in [0.1, 0.15) is 39.6 Å². The van der Waals surface area contributed by atoms with Crippen LogP contribution < -0.4 is 0 Å². The van der Waals surface area contributed by atoms with Gasteiger partial charge in [-0.2, -0.15) is 5.21 Å². The molecule has 0 aromatic carbocycles. The van der Waals surface area contributed by atoms with Gasteiger partial charge in [0.1, 0.15) is 0 Å². The molecule has 0 radical (unpaired) electrons. The summed E-state index contributed by atoms with van der Waals surface area (Å²) < 4.78 is 0. The Balaban J connectivity index is 2.70. The summed E-state index contributed by atoms with van der Waals surface area (Å²) in [5.74, 6) is 0.760. The molecule has 1 rings (SSSR count). The number of H-pyrrole nitrogens is 1. The first-order chi connectivity index (χ1) is 6.16. The Hall–Kier alpha value is -0.970. The highest BCUT2D eigenvalue weighted by Gasteiger charge is 2.19. The van der Waals surface area contributed by atoms with Gasteiger partial charge < -0.3 is 0 Å². The molecule has 5 nitrogen and oxygen atoms in total. The molecule has 1 unspecified atom stereocenters. The van der Waals surface area contributed by atoms with Gasteiger partial charge in [0, 0.05) is 6.04 Å². The van der Waals surface area contributed by atoms with Crippen molar-refractivity contribution >= 4 is 0 Å². The number of aromatic nitrogens is 4. The average molecular weight is 183 g/mol. The van der Waals surface area contributed by atoms with Crippen molar-refractivity contribution in [1.29, 1.82) is 0 Å². The molecule has 0 aliphatic carbocycles. The Morgan fingerprint density at radius 3 is 2.46 bits per heavy atom. The van der Waals surface area contributed by atoms with Crippen LogP contribution in [0.25, 0.3) is 0 Å². The molecular formula is C8H17N5. The normalized spacial score (nSPS) is 14.0. The summed E-state index contributed by atoms with van der Waals surface area (Å²) in [4.78, 5) is 2.31. The van der Waals surface area contributed by atoms with Crippen molar-refractivity contribution in [1.82, 2.24) is 25.5 Å². The van der Waals surface area contributed by atoms with E-state index in [-0.39, 0.29) is 6.04 Å². The smallest absolute Gasteiger partial charge is 0.191 e. The fraction of sp³-hybridized carbons (Fsp3) is 0.875. The molecule has 1 atom stereocenters. The van der Waals surface area contributed by atoms with E-state index >= 15 is 0 Å². The van der Waals surface area contributed by atoms with Gasteiger partial charge in [0.2, 0.25) is 0 Å². The Labute approximate surface area is 78.5 Å².